The Hall–Kier alpha value is -0.800. The van der Waals surface area contributed by atoms with Crippen LogP contribution in [0.3, 0.4) is 0 Å². The van der Waals surface area contributed by atoms with Crippen molar-refractivity contribution >= 4 is 34.6 Å². The summed E-state index contributed by atoms with van der Waals surface area (Å²) in [6.45, 7) is 10.8. The largest absolute Gasteiger partial charge is 0.359 e. The highest BCUT2D eigenvalue weighted by atomic mass is 35.5. The molecule has 0 heterocycles. The molecule has 19 heavy (non-hydrogen) atoms. The van der Waals surface area contributed by atoms with E-state index in [0.29, 0.717) is 23.0 Å². The van der Waals surface area contributed by atoms with E-state index in [0.717, 1.165) is 16.3 Å². The molecule has 0 amide bonds. The molecule has 0 unspecified atom stereocenters. The van der Waals surface area contributed by atoms with Gasteiger partial charge in [0.2, 0.25) is 0 Å². The van der Waals surface area contributed by atoms with Crippen molar-refractivity contribution in [2.24, 2.45) is 11.8 Å². The Bertz CT molecular complexity index is 436. The minimum Gasteiger partial charge on any atom is -0.359 e. The summed E-state index contributed by atoms with van der Waals surface area (Å²) in [5, 5.41) is 7.95. The molecule has 0 aromatic heterocycles. The minimum absolute atomic E-state index is 0.362. The molecule has 1 rings (SSSR count). The summed E-state index contributed by atoms with van der Waals surface area (Å²) in [5.41, 5.74) is 1.98. The molecule has 1 aromatic rings. The number of halogens is 1. The van der Waals surface area contributed by atoms with Gasteiger partial charge in [0.15, 0.2) is 5.11 Å². The maximum atomic E-state index is 6.10. The van der Waals surface area contributed by atoms with E-state index in [1.165, 1.54) is 0 Å². The van der Waals surface area contributed by atoms with Gasteiger partial charge in [0.25, 0.3) is 0 Å². The molecule has 0 bridgehead atoms. The molecule has 0 aliphatic carbocycles. The van der Waals surface area contributed by atoms with Gasteiger partial charge in [0, 0.05) is 16.8 Å². The lowest BCUT2D eigenvalue weighted by atomic mass is 9.93. The number of thiocarbonyl (C=S) groups is 1. The molecule has 0 fully saturated rings. The molecule has 2 nitrogen and oxygen atoms in total. The minimum atomic E-state index is 0.362. The molecule has 106 valence electrons. The standard InChI is InChI=1S/C15H23ClN2S/c1-9(2)14(10(3)4)18-15(19)17-12-7-6-11(5)13(16)8-12/h6-10,14H,1-5H3,(H2,17,18,19). The Balaban J connectivity index is 2.66. The number of nitrogens with one attached hydrogen (secondary N) is 2. The summed E-state index contributed by atoms with van der Waals surface area (Å²) in [6.07, 6.45) is 0. The van der Waals surface area contributed by atoms with Crippen LogP contribution in [0.4, 0.5) is 5.69 Å². The topological polar surface area (TPSA) is 24.1 Å². The van der Waals surface area contributed by atoms with Gasteiger partial charge in [0.05, 0.1) is 0 Å². The lowest BCUT2D eigenvalue weighted by Gasteiger charge is -2.27. The molecular formula is C15H23ClN2S. The highest BCUT2D eigenvalue weighted by Crippen LogP contribution is 2.20. The SMILES string of the molecule is Cc1ccc(NC(=S)NC(C(C)C)C(C)C)cc1Cl. The summed E-state index contributed by atoms with van der Waals surface area (Å²) in [6, 6.07) is 6.22. The number of anilines is 1. The number of aryl methyl sites for hydroxylation is 1. The first-order valence-corrected chi connectivity index (χ1v) is 7.43. The predicted octanol–water partition coefficient (Wildman–Crippen LogP) is 4.62. The zero-order chi connectivity index (χ0) is 14.6. The summed E-state index contributed by atoms with van der Waals surface area (Å²) in [5.74, 6) is 1.06. The molecule has 1 aromatic carbocycles. The third-order valence-electron chi connectivity index (χ3n) is 3.16. The second-order valence-electron chi connectivity index (χ2n) is 5.58. The molecule has 0 spiro atoms. The van der Waals surface area contributed by atoms with Crippen LogP contribution < -0.4 is 10.6 Å². The van der Waals surface area contributed by atoms with Crippen molar-refractivity contribution in [3.8, 4) is 0 Å². The number of hydrogen-bond donors (Lipinski definition) is 2. The zero-order valence-electron chi connectivity index (χ0n) is 12.3. The predicted molar refractivity (Wildman–Crippen MR) is 89.0 cm³/mol. The van der Waals surface area contributed by atoms with Crippen LogP contribution in [-0.4, -0.2) is 11.2 Å². The summed E-state index contributed by atoms with van der Waals surface area (Å²) >= 11 is 11.5. The highest BCUT2D eigenvalue weighted by Gasteiger charge is 2.18. The van der Waals surface area contributed by atoms with E-state index in [1.54, 1.807) is 0 Å². The van der Waals surface area contributed by atoms with Crippen LogP contribution in [-0.2, 0) is 0 Å². The Labute approximate surface area is 126 Å². The zero-order valence-corrected chi connectivity index (χ0v) is 13.8. The summed E-state index contributed by atoms with van der Waals surface area (Å²) in [7, 11) is 0. The van der Waals surface area contributed by atoms with E-state index < -0.39 is 0 Å². The van der Waals surface area contributed by atoms with Crippen molar-refractivity contribution in [3.63, 3.8) is 0 Å². The normalized spacial score (nSPS) is 11.2. The quantitative estimate of drug-likeness (QED) is 0.794. The number of hydrogen-bond acceptors (Lipinski definition) is 1. The molecule has 0 saturated carbocycles. The van der Waals surface area contributed by atoms with Crippen LogP contribution in [0.1, 0.15) is 33.3 Å². The van der Waals surface area contributed by atoms with Crippen molar-refractivity contribution in [1.82, 2.24) is 5.32 Å². The summed E-state index contributed by atoms with van der Waals surface area (Å²) < 4.78 is 0. The van der Waals surface area contributed by atoms with Crippen molar-refractivity contribution in [2.75, 3.05) is 5.32 Å². The smallest absolute Gasteiger partial charge is 0.171 e. The summed E-state index contributed by atoms with van der Waals surface area (Å²) in [4.78, 5) is 0. The van der Waals surface area contributed by atoms with Gasteiger partial charge in [-0.3, -0.25) is 0 Å². The Morgan fingerprint density at radius 3 is 2.21 bits per heavy atom. The lowest BCUT2D eigenvalue weighted by Crippen LogP contribution is -2.44. The van der Waals surface area contributed by atoms with Crippen molar-refractivity contribution in [3.05, 3.63) is 28.8 Å². The average molecular weight is 299 g/mol. The van der Waals surface area contributed by atoms with Crippen LogP contribution in [0, 0.1) is 18.8 Å². The Morgan fingerprint density at radius 1 is 1.16 bits per heavy atom. The van der Waals surface area contributed by atoms with Crippen molar-refractivity contribution < 1.29 is 0 Å². The lowest BCUT2D eigenvalue weighted by molar-refractivity contribution is 0.356. The molecular weight excluding hydrogens is 276 g/mol. The molecule has 0 saturated heterocycles. The van der Waals surface area contributed by atoms with Gasteiger partial charge in [-0.15, -0.1) is 0 Å². The number of benzene rings is 1. The van der Waals surface area contributed by atoms with E-state index in [1.807, 2.05) is 25.1 Å². The molecule has 4 heteroatoms. The molecule has 0 aliphatic heterocycles. The maximum Gasteiger partial charge on any atom is 0.171 e. The fourth-order valence-electron chi connectivity index (χ4n) is 2.09. The second-order valence-corrected chi connectivity index (χ2v) is 6.39. The third kappa shape index (κ3) is 5.00. The van der Waals surface area contributed by atoms with Gasteiger partial charge in [-0.25, -0.2) is 0 Å². The van der Waals surface area contributed by atoms with Crippen molar-refractivity contribution in [1.29, 1.82) is 0 Å². The van der Waals surface area contributed by atoms with Gasteiger partial charge < -0.3 is 10.6 Å². The third-order valence-corrected chi connectivity index (χ3v) is 3.79. The van der Waals surface area contributed by atoms with Crippen molar-refractivity contribution in [2.45, 2.75) is 40.7 Å². The Kier molecular flexibility index (Phi) is 6.08. The highest BCUT2D eigenvalue weighted by molar-refractivity contribution is 7.80. The van der Waals surface area contributed by atoms with Gasteiger partial charge in [-0.1, -0.05) is 45.4 Å². The first-order valence-electron chi connectivity index (χ1n) is 6.65. The molecule has 0 aliphatic rings. The van der Waals surface area contributed by atoms with Gasteiger partial charge in [-0.2, -0.15) is 0 Å². The van der Waals surface area contributed by atoms with Gasteiger partial charge in [-0.05, 0) is 48.7 Å². The van der Waals surface area contributed by atoms with Gasteiger partial charge >= 0.3 is 0 Å². The molecule has 2 N–H and O–H groups in total. The second kappa shape index (κ2) is 7.11. The first-order chi connectivity index (χ1) is 8.81. The first kappa shape index (κ1) is 16.3. The fraction of sp³-hybridized carbons (Fsp3) is 0.533. The average Bonchev–Trinajstić information content (AvgIpc) is 2.30. The fourth-order valence-corrected chi connectivity index (χ4v) is 2.53. The molecule has 0 radical (unpaired) electrons. The molecule has 0 atom stereocenters. The van der Waals surface area contributed by atoms with Crippen LogP contribution in [0.2, 0.25) is 5.02 Å². The van der Waals surface area contributed by atoms with Crippen LogP contribution in [0.15, 0.2) is 18.2 Å². The monoisotopic (exact) mass is 298 g/mol. The van der Waals surface area contributed by atoms with Crippen LogP contribution in [0.5, 0.6) is 0 Å². The van der Waals surface area contributed by atoms with Gasteiger partial charge in [0.1, 0.15) is 0 Å². The van der Waals surface area contributed by atoms with E-state index in [4.69, 9.17) is 23.8 Å². The van der Waals surface area contributed by atoms with E-state index in [2.05, 4.69) is 38.3 Å². The number of rotatable bonds is 4. The van der Waals surface area contributed by atoms with E-state index >= 15 is 0 Å². The van der Waals surface area contributed by atoms with E-state index in [-0.39, 0.29) is 0 Å². The van der Waals surface area contributed by atoms with Crippen LogP contribution in [0.25, 0.3) is 0 Å². The van der Waals surface area contributed by atoms with Crippen LogP contribution >= 0.6 is 23.8 Å². The Morgan fingerprint density at radius 2 is 1.74 bits per heavy atom. The van der Waals surface area contributed by atoms with E-state index in [9.17, 15) is 0 Å². The maximum absolute atomic E-state index is 6.10.